The fraction of sp³-hybridized carbons (Fsp3) is 0.500. The summed E-state index contributed by atoms with van der Waals surface area (Å²) in [6.07, 6.45) is 6.22. The SMILES string of the molecule is Nc1ccncc1[C@@H]1CCC[C@H]1O. The van der Waals surface area contributed by atoms with E-state index in [2.05, 4.69) is 4.98 Å². The smallest absolute Gasteiger partial charge is 0.0610 e. The van der Waals surface area contributed by atoms with Crippen LogP contribution in [0.1, 0.15) is 30.7 Å². The molecule has 0 aliphatic heterocycles. The zero-order valence-electron chi connectivity index (χ0n) is 7.48. The minimum atomic E-state index is -0.230. The maximum Gasteiger partial charge on any atom is 0.0610 e. The molecule has 1 aromatic heterocycles. The van der Waals surface area contributed by atoms with Crippen LogP contribution in [0.3, 0.4) is 0 Å². The van der Waals surface area contributed by atoms with Crippen molar-refractivity contribution in [3.05, 3.63) is 24.0 Å². The van der Waals surface area contributed by atoms with Gasteiger partial charge in [0.2, 0.25) is 0 Å². The fourth-order valence-corrected chi connectivity index (χ4v) is 2.03. The lowest BCUT2D eigenvalue weighted by Crippen LogP contribution is -2.12. The van der Waals surface area contributed by atoms with E-state index < -0.39 is 0 Å². The topological polar surface area (TPSA) is 59.1 Å². The molecule has 3 heteroatoms. The average molecular weight is 178 g/mol. The molecule has 1 heterocycles. The number of pyridine rings is 1. The molecule has 70 valence electrons. The van der Waals surface area contributed by atoms with Crippen molar-refractivity contribution in [3.8, 4) is 0 Å². The number of nitrogens with two attached hydrogens (primary N) is 1. The van der Waals surface area contributed by atoms with Crippen LogP contribution >= 0.6 is 0 Å². The first kappa shape index (κ1) is 8.51. The summed E-state index contributed by atoms with van der Waals surface area (Å²) in [6, 6.07) is 1.79. The van der Waals surface area contributed by atoms with Gasteiger partial charge in [-0.15, -0.1) is 0 Å². The van der Waals surface area contributed by atoms with Crippen LogP contribution in [-0.2, 0) is 0 Å². The highest BCUT2D eigenvalue weighted by molar-refractivity contribution is 5.47. The van der Waals surface area contributed by atoms with Gasteiger partial charge in [0.25, 0.3) is 0 Å². The summed E-state index contributed by atoms with van der Waals surface area (Å²) in [5, 5.41) is 9.68. The van der Waals surface area contributed by atoms with E-state index in [-0.39, 0.29) is 12.0 Å². The molecular weight excluding hydrogens is 164 g/mol. The second kappa shape index (κ2) is 3.34. The molecule has 3 N–H and O–H groups in total. The Morgan fingerprint density at radius 3 is 2.92 bits per heavy atom. The lowest BCUT2D eigenvalue weighted by molar-refractivity contribution is 0.164. The van der Waals surface area contributed by atoms with E-state index in [1.807, 2.05) is 0 Å². The zero-order chi connectivity index (χ0) is 9.26. The number of aliphatic hydroxyl groups is 1. The molecule has 2 rings (SSSR count). The second-order valence-corrected chi connectivity index (χ2v) is 3.61. The van der Waals surface area contributed by atoms with Gasteiger partial charge in [-0.05, 0) is 24.5 Å². The average Bonchev–Trinajstić information content (AvgIpc) is 2.52. The Morgan fingerprint density at radius 1 is 1.46 bits per heavy atom. The van der Waals surface area contributed by atoms with Gasteiger partial charge < -0.3 is 10.8 Å². The molecule has 0 amide bonds. The molecule has 1 aliphatic rings. The monoisotopic (exact) mass is 178 g/mol. The standard InChI is InChI=1S/C10H14N2O/c11-9-4-5-12-6-8(9)7-2-1-3-10(7)13/h4-7,10,13H,1-3H2,(H2,11,12)/t7-,10+/m0/s1. The van der Waals surface area contributed by atoms with Gasteiger partial charge in [0.15, 0.2) is 0 Å². The van der Waals surface area contributed by atoms with Gasteiger partial charge in [0.1, 0.15) is 0 Å². The Balaban J connectivity index is 2.29. The van der Waals surface area contributed by atoms with E-state index in [0.717, 1.165) is 30.5 Å². The van der Waals surface area contributed by atoms with Crippen LogP contribution in [0.25, 0.3) is 0 Å². The van der Waals surface area contributed by atoms with E-state index in [0.29, 0.717) is 0 Å². The van der Waals surface area contributed by atoms with Crippen LogP contribution in [0, 0.1) is 0 Å². The Morgan fingerprint density at radius 2 is 2.31 bits per heavy atom. The third-order valence-electron chi connectivity index (χ3n) is 2.77. The van der Waals surface area contributed by atoms with E-state index in [4.69, 9.17) is 5.73 Å². The number of rotatable bonds is 1. The molecule has 1 aliphatic carbocycles. The van der Waals surface area contributed by atoms with Crippen molar-refractivity contribution < 1.29 is 5.11 Å². The van der Waals surface area contributed by atoms with E-state index in [1.54, 1.807) is 18.5 Å². The van der Waals surface area contributed by atoms with Crippen molar-refractivity contribution in [2.75, 3.05) is 5.73 Å². The van der Waals surface area contributed by atoms with Gasteiger partial charge in [-0.2, -0.15) is 0 Å². The number of nitrogens with zero attached hydrogens (tertiary/aromatic N) is 1. The van der Waals surface area contributed by atoms with Crippen molar-refractivity contribution >= 4 is 5.69 Å². The van der Waals surface area contributed by atoms with E-state index in [1.165, 1.54) is 0 Å². The molecule has 0 bridgehead atoms. The minimum Gasteiger partial charge on any atom is -0.398 e. The van der Waals surface area contributed by atoms with Crippen molar-refractivity contribution in [2.45, 2.75) is 31.3 Å². The van der Waals surface area contributed by atoms with Gasteiger partial charge >= 0.3 is 0 Å². The molecule has 1 fully saturated rings. The Bertz CT molecular complexity index is 301. The molecule has 0 spiro atoms. The fourth-order valence-electron chi connectivity index (χ4n) is 2.03. The summed E-state index contributed by atoms with van der Waals surface area (Å²) in [5.74, 6) is 0.202. The van der Waals surface area contributed by atoms with Crippen molar-refractivity contribution in [3.63, 3.8) is 0 Å². The summed E-state index contributed by atoms with van der Waals surface area (Å²) in [7, 11) is 0. The summed E-state index contributed by atoms with van der Waals surface area (Å²) in [5.41, 5.74) is 7.57. The van der Waals surface area contributed by atoms with Gasteiger partial charge in [-0.1, -0.05) is 6.42 Å². The molecule has 0 unspecified atom stereocenters. The lowest BCUT2D eigenvalue weighted by Gasteiger charge is -2.15. The second-order valence-electron chi connectivity index (χ2n) is 3.61. The summed E-state index contributed by atoms with van der Waals surface area (Å²) >= 11 is 0. The number of hydrogen-bond donors (Lipinski definition) is 2. The number of aliphatic hydroxyl groups excluding tert-OH is 1. The lowest BCUT2D eigenvalue weighted by atomic mass is 9.96. The first-order valence-corrected chi connectivity index (χ1v) is 4.66. The van der Waals surface area contributed by atoms with E-state index >= 15 is 0 Å². The Labute approximate surface area is 77.6 Å². The quantitative estimate of drug-likeness (QED) is 0.681. The molecule has 13 heavy (non-hydrogen) atoms. The number of hydrogen-bond acceptors (Lipinski definition) is 3. The van der Waals surface area contributed by atoms with Crippen molar-refractivity contribution in [1.29, 1.82) is 0 Å². The number of nitrogen functional groups attached to an aromatic ring is 1. The van der Waals surface area contributed by atoms with Gasteiger partial charge in [-0.25, -0.2) is 0 Å². The third-order valence-corrected chi connectivity index (χ3v) is 2.77. The van der Waals surface area contributed by atoms with Crippen LogP contribution in [0.15, 0.2) is 18.5 Å². The van der Waals surface area contributed by atoms with Crippen LogP contribution in [0.4, 0.5) is 5.69 Å². The van der Waals surface area contributed by atoms with Gasteiger partial charge in [0, 0.05) is 24.0 Å². The zero-order valence-corrected chi connectivity index (χ0v) is 7.48. The summed E-state index contributed by atoms with van der Waals surface area (Å²) < 4.78 is 0. The summed E-state index contributed by atoms with van der Waals surface area (Å²) in [6.45, 7) is 0. The van der Waals surface area contributed by atoms with Crippen molar-refractivity contribution in [2.24, 2.45) is 0 Å². The van der Waals surface area contributed by atoms with Gasteiger partial charge in [-0.3, -0.25) is 4.98 Å². The molecule has 0 saturated heterocycles. The van der Waals surface area contributed by atoms with Crippen LogP contribution < -0.4 is 5.73 Å². The molecule has 1 aromatic rings. The highest BCUT2D eigenvalue weighted by Gasteiger charge is 2.27. The highest BCUT2D eigenvalue weighted by atomic mass is 16.3. The maximum absolute atomic E-state index is 9.68. The van der Waals surface area contributed by atoms with Crippen LogP contribution in [0.5, 0.6) is 0 Å². The van der Waals surface area contributed by atoms with Crippen LogP contribution in [-0.4, -0.2) is 16.2 Å². The largest absolute Gasteiger partial charge is 0.398 e. The molecule has 0 radical (unpaired) electrons. The van der Waals surface area contributed by atoms with Gasteiger partial charge in [0.05, 0.1) is 6.10 Å². The Kier molecular flexibility index (Phi) is 2.19. The van der Waals surface area contributed by atoms with Crippen molar-refractivity contribution in [1.82, 2.24) is 4.98 Å². The van der Waals surface area contributed by atoms with E-state index in [9.17, 15) is 5.11 Å². The minimum absolute atomic E-state index is 0.202. The molecule has 0 aromatic carbocycles. The molecular formula is C10H14N2O. The predicted octanol–water partition coefficient (Wildman–Crippen LogP) is 1.29. The maximum atomic E-state index is 9.68. The third kappa shape index (κ3) is 1.52. The number of aromatic nitrogens is 1. The molecule has 2 atom stereocenters. The summed E-state index contributed by atoms with van der Waals surface area (Å²) in [4.78, 5) is 4.03. The Hall–Kier alpha value is -1.09. The molecule has 1 saturated carbocycles. The molecule has 3 nitrogen and oxygen atoms in total. The van der Waals surface area contributed by atoms with Crippen LogP contribution in [0.2, 0.25) is 0 Å². The first-order chi connectivity index (χ1) is 6.29. The first-order valence-electron chi connectivity index (χ1n) is 4.66. The predicted molar refractivity (Wildman–Crippen MR) is 51.2 cm³/mol. The number of anilines is 1. The normalized spacial score (nSPS) is 27.8. The highest BCUT2D eigenvalue weighted by Crippen LogP contribution is 2.36.